The van der Waals surface area contributed by atoms with Gasteiger partial charge in [0, 0.05) is 5.69 Å². The average molecular weight is 181 g/mol. The molecule has 72 valence electrons. The summed E-state index contributed by atoms with van der Waals surface area (Å²) in [5, 5.41) is 8.59. The minimum absolute atomic E-state index is 0.0306. The van der Waals surface area contributed by atoms with E-state index in [0.717, 1.165) is 22.6 Å². The zero-order valence-electron chi connectivity index (χ0n) is 8.00. The first-order valence-electron chi connectivity index (χ1n) is 4.25. The number of anilines is 1. The molecule has 0 saturated heterocycles. The van der Waals surface area contributed by atoms with Crippen molar-refractivity contribution in [3.63, 3.8) is 0 Å². The molecule has 0 amide bonds. The smallest absolute Gasteiger partial charge is 0.122 e. The summed E-state index contributed by atoms with van der Waals surface area (Å²) >= 11 is 0. The van der Waals surface area contributed by atoms with E-state index in [9.17, 15) is 0 Å². The Bertz CT molecular complexity index is 297. The number of hydrogen-bond acceptors (Lipinski definition) is 3. The Morgan fingerprint density at radius 1 is 1.31 bits per heavy atom. The van der Waals surface area contributed by atoms with Crippen molar-refractivity contribution in [2.45, 2.75) is 13.8 Å². The number of rotatable bonds is 3. The van der Waals surface area contributed by atoms with Crippen molar-refractivity contribution in [3.8, 4) is 5.75 Å². The lowest BCUT2D eigenvalue weighted by Crippen LogP contribution is -2.03. The van der Waals surface area contributed by atoms with Gasteiger partial charge in [-0.15, -0.1) is 0 Å². The molecule has 0 saturated carbocycles. The van der Waals surface area contributed by atoms with Crippen LogP contribution in [0.4, 0.5) is 5.69 Å². The van der Waals surface area contributed by atoms with Gasteiger partial charge in [-0.3, -0.25) is 0 Å². The number of aryl methyl sites for hydroxylation is 2. The van der Waals surface area contributed by atoms with Gasteiger partial charge in [-0.05, 0) is 37.1 Å². The van der Waals surface area contributed by atoms with Gasteiger partial charge >= 0.3 is 0 Å². The van der Waals surface area contributed by atoms with Crippen LogP contribution in [0.15, 0.2) is 12.1 Å². The minimum atomic E-state index is 0.0306. The highest BCUT2D eigenvalue weighted by Crippen LogP contribution is 2.23. The average Bonchev–Trinajstić information content (AvgIpc) is 2.09. The van der Waals surface area contributed by atoms with E-state index in [1.165, 1.54) is 0 Å². The molecular formula is C10H15NO2. The first-order chi connectivity index (χ1) is 6.15. The van der Waals surface area contributed by atoms with Crippen molar-refractivity contribution in [2.75, 3.05) is 18.9 Å². The van der Waals surface area contributed by atoms with Crippen molar-refractivity contribution >= 4 is 5.69 Å². The molecule has 1 rings (SSSR count). The third-order valence-electron chi connectivity index (χ3n) is 1.91. The van der Waals surface area contributed by atoms with Gasteiger partial charge in [0.1, 0.15) is 12.4 Å². The van der Waals surface area contributed by atoms with Crippen molar-refractivity contribution in [1.29, 1.82) is 0 Å². The Hall–Kier alpha value is -1.22. The van der Waals surface area contributed by atoms with Crippen molar-refractivity contribution in [3.05, 3.63) is 23.3 Å². The van der Waals surface area contributed by atoms with Crippen LogP contribution in [0.5, 0.6) is 5.75 Å². The number of hydrogen-bond donors (Lipinski definition) is 2. The van der Waals surface area contributed by atoms with E-state index >= 15 is 0 Å². The van der Waals surface area contributed by atoms with Gasteiger partial charge in [0.05, 0.1) is 6.61 Å². The van der Waals surface area contributed by atoms with Gasteiger partial charge in [-0.2, -0.15) is 0 Å². The summed E-state index contributed by atoms with van der Waals surface area (Å²) < 4.78 is 5.32. The predicted molar refractivity (Wildman–Crippen MR) is 52.9 cm³/mol. The molecule has 3 N–H and O–H groups in total. The molecule has 0 atom stereocenters. The van der Waals surface area contributed by atoms with Gasteiger partial charge in [-0.1, -0.05) is 0 Å². The second kappa shape index (κ2) is 4.14. The normalized spacial score (nSPS) is 10.1. The van der Waals surface area contributed by atoms with Crippen LogP contribution in [0.1, 0.15) is 11.1 Å². The van der Waals surface area contributed by atoms with E-state index in [1.807, 2.05) is 26.0 Å². The molecule has 13 heavy (non-hydrogen) atoms. The first-order valence-corrected chi connectivity index (χ1v) is 4.25. The fourth-order valence-electron chi connectivity index (χ4n) is 1.12. The summed E-state index contributed by atoms with van der Waals surface area (Å²) in [5.74, 6) is 0.792. The van der Waals surface area contributed by atoms with E-state index < -0.39 is 0 Å². The Balaban J connectivity index is 2.88. The topological polar surface area (TPSA) is 55.5 Å². The molecule has 3 nitrogen and oxygen atoms in total. The van der Waals surface area contributed by atoms with Crippen molar-refractivity contribution in [1.82, 2.24) is 0 Å². The predicted octanol–water partition coefficient (Wildman–Crippen LogP) is 1.26. The monoisotopic (exact) mass is 181 g/mol. The van der Waals surface area contributed by atoms with Crippen LogP contribution in [0.25, 0.3) is 0 Å². The Labute approximate surface area is 78.1 Å². The zero-order valence-corrected chi connectivity index (χ0v) is 8.00. The van der Waals surface area contributed by atoms with E-state index in [2.05, 4.69) is 0 Å². The van der Waals surface area contributed by atoms with Crippen molar-refractivity contribution in [2.24, 2.45) is 0 Å². The Morgan fingerprint density at radius 3 is 2.62 bits per heavy atom. The lowest BCUT2D eigenvalue weighted by molar-refractivity contribution is 0.200. The molecule has 1 aromatic rings. The van der Waals surface area contributed by atoms with Crippen LogP contribution < -0.4 is 10.5 Å². The number of nitrogen functional groups attached to an aromatic ring is 1. The third-order valence-corrected chi connectivity index (χ3v) is 1.91. The minimum Gasteiger partial charge on any atom is -0.491 e. The Morgan fingerprint density at radius 2 is 2.00 bits per heavy atom. The molecular weight excluding hydrogens is 166 g/mol. The summed E-state index contributed by atoms with van der Waals surface area (Å²) in [7, 11) is 0. The van der Waals surface area contributed by atoms with Crippen LogP contribution in [0.2, 0.25) is 0 Å². The van der Waals surface area contributed by atoms with Crippen LogP contribution in [-0.4, -0.2) is 18.3 Å². The largest absolute Gasteiger partial charge is 0.491 e. The second-order valence-electron chi connectivity index (χ2n) is 3.05. The van der Waals surface area contributed by atoms with Gasteiger partial charge in [0.25, 0.3) is 0 Å². The van der Waals surface area contributed by atoms with E-state index in [-0.39, 0.29) is 6.61 Å². The maximum absolute atomic E-state index is 8.59. The number of aliphatic hydroxyl groups is 1. The zero-order chi connectivity index (χ0) is 9.84. The number of nitrogens with two attached hydrogens (primary N) is 1. The molecule has 0 aliphatic rings. The molecule has 0 bridgehead atoms. The number of aliphatic hydroxyl groups excluding tert-OH is 1. The fraction of sp³-hybridized carbons (Fsp3) is 0.400. The van der Waals surface area contributed by atoms with E-state index in [1.54, 1.807) is 0 Å². The summed E-state index contributed by atoms with van der Waals surface area (Å²) in [5.41, 5.74) is 8.48. The summed E-state index contributed by atoms with van der Waals surface area (Å²) in [6, 6.07) is 3.77. The van der Waals surface area contributed by atoms with Crippen LogP contribution >= 0.6 is 0 Å². The number of ether oxygens (including phenoxy) is 1. The van der Waals surface area contributed by atoms with Gasteiger partial charge < -0.3 is 15.6 Å². The second-order valence-corrected chi connectivity index (χ2v) is 3.05. The van der Waals surface area contributed by atoms with Crippen LogP contribution in [0, 0.1) is 13.8 Å². The molecule has 1 aromatic carbocycles. The highest BCUT2D eigenvalue weighted by Gasteiger charge is 2.02. The standard InChI is InChI=1S/C10H15NO2/c1-7-6-10(13-4-3-12)8(2)5-9(7)11/h5-6,12H,3-4,11H2,1-2H3. The molecule has 0 fully saturated rings. The molecule has 0 aromatic heterocycles. The van der Waals surface area contributed by atoms with Gasteiger partial charge in [0.15, 0.2) is 0 Å². The quantitative estimate of drug-likeness (QED) is 0.690. The third kappa shape index (κ3) is 2.36. The first kappa shape index (κ1) is 9.86. The maximum atomic E-state index is 8.59. The highest BCUT2D eigenvalue weighted by atomic mass is 16.5. The molecule has 0 radical (unpaired) electrons. The highest BCUT2D eigenvalue weighted by molar-refractivity contribution is 5.53. The molecule has 0 aliphatic carbocycles. The van der Waals surface area contributed by atoms with E-state index in [4.69, 9.17) is 15.6 Å². The molecule has 0 spiro atoms. The molecule has 0 unspecified atom stereocenters. The summed E-state index contributed by atoms with van der Waals surface area (Å²) in [6.07, 6.45) is 0. The molecule has 0 heterocycles. The number of benzene rings is 1. The summed E-state index contributed by atoms with van der Waals surface area (Å²) in [4.78, 5) is 0. The molecule has 0 aliphatic heterocycles. The summed E-state index contributed by atoms with van der Waals surface area (Å²) in [6.45, 7) is 4.22. The van der Waals surface area contributed by atoms with Crippen LogP contribution in [0.3, 0.4) is 0 Å². The SMILES string of the molecule is Cc1cc(OCCO)c(C)cc1N. The fourth-order valence-corrected chi connectivity index (χ4v) is 1.12. The van der Waals surface area contributed by atoms with Gasteiger partial charge in [-0.25, -0.2) is 0 Å². The lowest BCUT2D eigenvalue weighted by atomic mass is 10.1. The van der Waals surface area contributed by atoms with Crippen LogP contribution in [-0.2, 0) is 0 Å². The molecule has 3 heteroatoms. The van der Waals surface area contributed by atoms with Crippen molar-refractivity contribution < 1.29 is 9.84 Å². The maximum Gasteiger partial charge on any atom is 0.122 e. The van der Waals surface area contributed by atoms with Gasteiger partial charge in [0.2, 0.25) is 0 Å². The lowest BCUT2D eigenvalue weighted by Gasteiger charge is -2.10. The Kier molecular flexibility index (Phi) is 3.14. The van der Waals surface area contributed by atoms with E-state index in [0.29, 0.717) is 6.61 Å².